The second kappa shape index (κ2) is 9.73. The van der Waals surface area contributed by atoms with Crippen molar-refractivity contribution in [3.05, 3.63) is 34.5 Å². The van der Waals surface area contributed by atoms with E-state index in [9.17, 15) is 17.6 Å². The molecule has 2 aromatic rings. The zero-order valence-electron chi connectivity index (χ0n) is 18.4. The van der Waals surface area contributed by atoms with Crippen LogP contribution in [-0.4, -0.2) is 67.4 Å². The fourth-order valence-electron chi connectivity index (χ4n) is 4.50. The van der Waals surface area contributed by atoms with E-state index in [-0.39, 0.29) is 34.2 Å². The summed E-state index contributed by atoms with van der Waals surface area (Å²) in [6.45, 7) is 3.00. The van der Waals surface area contributed by atoms with Crippen LogP contribution in [0.25, 0.3) is 0 Å². The molecule has 1 saturated heterocycles. The molecule has 1 aromatic heterocycles. The summed E-state index contributed by atoms with van der Waals surface area (Å²) in [5.74, 6) is -0.803. The molecule has 180 valence electrons. The normalized spacial score (nSPS) is 21.7. The number of likely N-dealkylation sites (N-methyl/N-ethyl adjacent to an activating group) is 1. The van der Waals surface area contributed by atoms with Crippen molar-refractivity contribution in [3.63, 3.8) is 0 Å². The van der Waals surface area contributed by atoms with Gasteiger partial charge in [-0.1, -0.05) is 24.4 Å². The number of sulfonamides is 1. The molecule has 0 bridgehead atoms. The van der Waals surface area contributed by atoms with Gasteiger partial charge in [-0.25, -0.2) is 17.8 Å². The summed E-state index contributed by atoms with van der Waals surface area (Å²) in [4.78, 5) is 19.0. The summed E-state index contributed by atoms with van der Waals surface area (Å²) in [6, 6.07) is 2.80. The van der Waals surface area contributed by atoms with Gasteiger partial charge in [0.2, 0.25) is 5.91 Å². The van der Waals surface area contributed by atoms with E-state index in [1.54, 1.807) is 12.3 Å². The van der Waals surface area contributed by atoms with Crippen LogP contribution in [0.15, 0.2) is 28.6 Å². The molecule has 1 saturated carbocycles. The number of halogens is 2. The molecular weight excluding hydrogens is 489 g/mol. The number of carbonyl (C=O) groups excluding carboxylic acids is 1. The molecule has 0 spiro atoms. The van der Waals surface area contributed by atoms with Gasteiger partial charge >= 0.3 is 0 Å². The Bertz CT molecular complexity index is 1110. The Morgan fingerprint density at radius 1 is 1.30 bits per heavy atom. The predicted octanol–water partition coefficient (Wildman–Crippen LogP) is 3.62. The average Bonchev–Trinajstić information content (AvgIpc) is 3.21. The molecule has 1 aliphatic carbocycles. The molecule has 8 nitrogen and oxygen atoms in total. The third kappa shape index (κ3) is 5.26. The largest absolute Gasteiger partial charge is 0.379 e. The fourth-order valence-corrected chi connectivity index (χ4v) is 6.65. The van der Waals surface area contributed by atoms with E-state index in [0.717, 1.165) is 49.2 Å². The summed E-state index contributed by atoms with van der Waals surface area (Å²) in [7, 11) is -2.10. The number of nitrogens with zero attached hydrogens (tertiary/aromatic N) is 3. The summed E-state index contributed by atoms with van der Waals surface area (Å²) in [5, 5.41) is 5.27. The highest BCUT2D eigenvalue weighted by molar-refractivity contribution is 7.93. The van der Waals surface area contributed by atoms with Crippen molar-refractivity contribution in [2.45, 2.75) is 55.6 Å². The van der Waals surface area contributed by atoms with Gasteiger partial charge in [-0.2, -0.15) is 0 Å². The lowest BCUT2D eigenvalue weighted by Gasteiger charge is -2.49. The van der Waals surface area contributed by atoms with Crippen molar-refractivity contribution in [2.24, 2.45) is 0 Å². The summed E-state index contributed by atoms with van der Waals surface area (Å²) < 4.78 is 42.4. The topological polar surface area (TPSA) is 94.6 Å². The van der Waals surface area contributed by atoms with Crippen LogP contribution in [0.1, 0.15) is 32.6 Å². The number of carbonyl (C=O) groups is 1. The standard InChI is InChI=1S/C21H27ClFN5O3S2/c1-13(29)28-11-14(12-28)27(2)19-6-4-3-5-17(19)25-18-10-16(23)20(9-15(18)22)33(30,31)26-21-24-7-8-32-21/h7-10,14,17,19,25H,3-6,11-12H2,1-2H3,(H,24,26)/t17-,19-/m0/s1. The second-order valence-electron chi connectivity index (χ2n) is 8.55. The Kier molecular flexibility index (Phi) is 7.13. The van der Waals surface area contributed by atoms with E-state index in [4.69, 9.17) is 11.6 Å². The van der Waals surface area contributed by atoms with Gasteiger partial charge in [0.05, 0.1) is 10.7 Å². The lowest BCUT2D eigenvalue weighted by atomic mass is 9.87. The first-order valence-corrected chi connectivity index (χ1v) is 13.5. The number of hydrogen-bond donors (Lipinski definition) is 2. The Morgan fingerprint density at radius 2 is 2.03 bits per heavy atom. The van der Waals surface area contributed by atoms with E-state index in [2.05, 4.69) is 27.0 Å². The summed E-state index contributed by atoms with van der Waals surface area (Å²) in [6.07, 6.45) is 5.46. The van der Waals surface area contributed by atoms with Gasteiger partial charge in [-0.05, 0) is 32.0 Å². The third-order valence-corrected chi connectivity index (χ3v) is 8.93. The van der Waals surface area contributed by atoms with Crippen molar-refractivity contribution in [1.29, 1.82) is 0 Å². The number of thiazole rings is 1. The molecule has 0 radical (unpaired) electrons. The molecule has 0 unspecified atom stereocenters. The maximum absolute atomic E-state index is 14.9. The van der Waals surface area contributed by atoms with Crippen LogP contribution in [0.5, 0.6) is 0 Å². The number of rotatable bonds is 7. The van der Waals surface area contributed by atoms with Crippen LogP contribution in [0.2, 0.25) is 5.02 Å². The van der Waals surface area contributed by atoms with E-state index in [0.29, 0.717) is 18.8 Å². The van der Waals surface area contributed by atoms with Gasteiger partial charge in [-0.15, -0.1) is 11.3 Å². The van der Waals surface area contributed by atoms with Crippen LogP contribution in [-0.2, 0) is 14.8 Å². The summed E-state index contributed by atoms with van der Waals surface area (Å²) >= 11 is 7.50. The first-order chi connectivity index (χ1) is 15.7. The van der Waals surface area contributed by atoms with Crippen LogP contribution in [0, 0.1) is 5.82 Å². The molecule has 4 rings (SSSR count). The number of hydrogen-bond acceptors (Lipinski definition) is 7. The highest BCUT2D eigenvalue weighted by Gasteiger charge is 2.38. The minimum absolute atomic E-state index is 0.0305. The number of nitrogens with one attached hydrogen (secondary N) is 2. The number of benzene rings is 1. The lowest BCUT2D eigenvalue weighted by molar-refractivity contribution is -0.136. The molecule has 2 fully saturated rings. The van der Waals surface area contributed by atoms with Crippen LogP contribution in [0.3, 0.4) is 0 Å². The average molecular weight is 516 g/mol. The molecule has 1 amide bonds. The van der Waals surface area contributed by atoms with Gasteiger partial charge in [0.15, 0.2) is 5.13 Å². The van der Waals surface area contributed by atoms with E-state index in [1.165, 1.54) is 6.20 Å². The highest BCUT2D eigenvalue weighted by Crippen LogP contribution is 2.33. The molecule has 2 N–H and O–H groups in total. The maximum Gasteiger partial charge on any atom is 0.266 e. The second-order valence-corrected chi connectivity index (χ2v) is 11.5. The van der Waals surface area contributed by atoms with Gasteiger partial charge in [0, 0.05) is 49.7 Å². The van der Waals surface area contributed by atoms with Crippen molar-refractivity contribution < 1.29 is 17.6 Å². The third-order valence-electron chi connectivity index (χ3n) is 6.44. The van der Waals surface area contributed by atoms with Crippen molar-refractivity contribution in [3.8, 4) is 0 Å². The molecule has 2 heterocycles. The molecule has 2 atom stereocenters. The monoisotopic (exact) mass is 515 g/mol. The van der Waals surface area contributed by atoms with Crippen molar-refractivity contribution in [2.75, 3.05) is 30.2 Å². The highest BCUT2D eigenvalue weighted by atomic mass is 35.5. The van der Waals surface area contributed by atoms with E-state index in [1.807, 2.05) is 4.90 Å². The Balaban J connectivity index is 1.49. The van der Waals surface area contributed by atoms with Crippen LogP contribution < -0.4 is 10.0 Å². The zero-order valence-corrected chi connectivity index (χ0v) is 20.8. The zero-order chi connectivity index (χ0) is 23.8. The lowest BCUT2D eigenvalue weighted by Crippen LogP contribution is -2.64. The summed E-state index contributed by atoms with van der Waals surface area (Å²) in [5.41, 5.74) is 0.367. The molecule has 1 aromatic carbocycles. The first-order valence-electron chi connectivity index (χ1n) is 10.8. The van der Waals surface area contributed by atoms with Gasteiger partial charge in [0.1, 0.15) is 10.7 Å². The Hall–Kier alpha value is -1.95. The van der Waals surface area contributed by atoms with Crippen molar-refractivity contribution >= 4 is 49.7 Å². The maximum atomic E-state index is 14.9. The quantitative estimate of drug-likeness (QED) is 0.585. The van der Waals surface area contributed by atoms with Gasteiger partial charge in [0.25, 0.3) is 10.0 Å². The number of anilines is 2. The predicted molar refractivity (Wildman–Crippen MR) is 128 cm³/mol. The number of likely N-dealkylation sites (tertiary alicyclic amines) is 1. The smallest absolute Gasteiger partial charge is 0.266 e. The minimum atomic E-state index is -4.16. The Labute approximate surface area is 202 Å². The number of amides is 1. The number of aromatic nitrogens is 1. The molecular formula is C21H27ClFN5O3S2. The van der Waals surface area contributed by atoms with Gasteiger partial charge in [-0.3, -0.25) is 14.4 Å². The van der Waals surface area contributed by atoms with Gasteiger partial charge < -0.3 is 10.2 Å². The molecule has 2 aliphatic rings. The first kappa shape index (κ1) is 24.2. The molecule has 12 heteroatoms. The van der Waals surface area contributed by atoms with E-state index < -0.39 is 20.7 Å². The van der Waals surface area contributed by atoms with Crippen molar-refractivity contribution in [1.82, 2.24) is 14.8 Å². The SMILES string of the molecule is CC(=O)N1CC(N(C)[C@H]2CCCC[C@@H]2Nc2cc(F)c(S(=O)(=O)Nc3nccs3)cc2Cl)C1. The van der Waals surface area contributed by atoms with Crippen LogP contribution >= 0.6 is 22.9 Å². The van der Waals surface area contributed by atoms with Crippen LogP contribution in [0.4, 0.5) is 15.2 Å². The minimum Gasteiger partial charge on any atom is -0.379 e. The molecule has 33 heavy (non-hydrogen) atoms. The fraction of sp³-hybridized carbons (Fsp3) is 0.524. The van der Waals surface area contributed by atoms with E-state index >= 15 is 0 Å². The molecule has 1 aliphatic heterocycles. The Morgan fingerprint density at radius 3 is 2.70 bits per heavy atom.